The van der Waals surface area contributed by atoms with E-state index in [1.54, 1.807) is 18.2 Å². The molecule has 1 aromatic heterocycles. The summed E-state index contributed by atoms with van der Waals surface area (Å²) in [6.45, 7) is 0. The van der Waals surface area contributed by atoms with E-state index in [0.717, 1.165) is 0 Å². The van der Waals surface area contributed by atoms with Gasteiger partial charge in [-0.2, -0.15) is 0 Å². The third-order valence-corrected chi connectivity index (χ3v) is 2.88. The Bertz CT molecular complexity index is 593. The van der Waals surface area contributed by atoms with Gasteiger partial charge in [0, 0.05) is 5.02 Å². The van der Waals surface area contributed by atoms with Crippen molar-refractivity contribution in [2.75, 3.05) is 17.9 Å². The number of methoxy groups -OCH3 is 1. The zero-order chi connectivity index (χ0) is 13.8. The third-order valence-electron chi connectivity index (χ3n) is 2.33. The van der Waals surface area contributed by atoms with Crippen LogP contribution in [0.15, 0.2) is 24.5 Å². The lowest BCUT2D eigenvalue weighted by atomic mass is 10.3. The summed E-state index contributed by atoms with van der Waals surface area (Å²) in [6.07, 6.45) is 1.35. The molecule has 0 radical (unpaired) electrons. The van der Waals surface area contributed by atoms with Gasteiger partial charge in [0.15, 0.2) is 11.6 Å². The molecule has 2 aromatic rings. The van der Waals surface area contributed by atoms with Crippen molar-refractivity contribution in [3.8, 4) is 5.75 Å². The van der Waals surface area contributed by atoms with E-state index in [-0.39, 0.29) is 0 Å². The minimum Gasteiger partial charge on any atom is -0.490 e. The Morgan fingerprint density at radius 3 is 2.58 bits per heavy atom. The fraction of sp³-hybridized carbons (Fsp3) is 0.0909. The fourth-order valence-electron chi connectivity index (χ4n) is 1.48. The van der Waals surface area contributed by atoms with Gasteiger partial charge in [-0.3, -0.25) is 0 Å². The number of rotatable bonds is 4. The number of hydrogen-bond acceptors (Lipinski definition) is 6. The highest BCUT2D eigenvalue weighted by atomic mass is 35.5. The first-order valence-electron chi connectivity index (χ1n) is 5.23. The number of aromatic nitrogens is 2. The zero-order valence-electron chi connectivity index (χ0n) is 9.95. The van der Waals surface area contributed by atoms with Crippen LogP contribution in [0.2, 0.25) is 10.0 Å². The molecule has 0 saturated heterocycles. The van der Waals surface area contributed by atoms with Gasteiger partial charge in [0.05, 0.1) is 17.8 Å². The minimum absolute atomic E-state index is 0.366. The first kappa shape index (κ1) is 13.7. The minimum atomic E-state index is 0.366. The molecular weight excluding hydrogens is 289 g/mol. The van der Waals surface area contributed by atoms with Crippen molar-refractivity contribution in [3.05, 3.63) is 34.6 Å². The van der Waals surface area contributed by atoms with Crippen LogP contribution in [0.1, 0.15) is 0 Å². The van der Waals surface area contributed by atoms with E-state index in [0.29, 0.717) is 33.1 Å². The Balaban J connectivity index is 2.37. The van der Waals surface area contributed by atoms with Gasteiger partial charge in [0.2, 0.25) is 5.75 Å². The maximum atomic E-state index is 6.08. The summed E-state index contributed by atoms with van der Waals surface area (Å²) >= 11 is 11.9. The highest BCUT2D eigenvalue weighted by molar-refractivity contribution is 6.36. The molecule has 0 aliphatic heterocycles. The number of benzene rings is 1. The molecule has 0 aliphatic rings. The number of hydrazine groups is 1. The van der Waals surface area contributed by atoms with Crippen LogP contribution in [0.4, 0.5) is 17.3 Å². The zero-order valence-corrected chi connectivity index (χ0v) is 11.5. The number of anilines is 3. The maximum Gasteiger partial charge on any atom is 0.205 e. The molecule has 0 atom stereocenters. The summed E-state index contributed by atoms with van der Waals surface area (Å²) in [5, 5.41) is 4.05. The first-order chi connectivity index (χ1) is 9.15. The molecule has 1 heterocycles. The Morgan fingerprint density at radius 2 is 1.95 bits per heavy atom. The highest BCUT2D eigenvalue weighted by Gasteiger charge is 2.12. The number of hydrogen-bond donors (Lipinski definition) is 3. The number of nitrogen functional groups attached to an aromatic ring is 1. The molecule has 8 heteroatoms. The molecular formula is C11H11Cl2N5O. The van der Waals surface area contributed by atoms with E-state index in [4.69, 9.17) is 33.8 Å². The lowest BCUT2D eigenvalue weighted by Gasteiger charge is -2.13. The van der Waals surface area contributed by atoms with E-state index in [1.165, 1.54) is 13.4 Å². The van der Waals surface area contributed by atoms with Crippen LogP contribution in [0.5, 0.6) is 5.75 Å². The van der Waals surface area contributed by atoms with Crippen LogP contribution >= 0.6 is 23.2 Å². The summed E-state index contributed by atoms with van der Waals surface area (Å²) in [4.78, 5) is 8.02. The smallest absolute Gasteiger partial charge is 0.205 e. The predicted molar refractivity (Wildman–Crippen MR) is 76.1 cm³/mol. The van der Waals surface area contributed by atoms with Crippen LogP contribution in [0.25, 0.3) is 0 Å². The quantitative estimate of drug-likeness (QED) is 0.594. The standard InChI is InChI=1S/C11H11Cl2N5O/c1-19-9-10(15-5-16-11(9)18-14)17-8-3-2-6(12)4-7(8)13/h2-5H,14H2,1H3,(H2,15,16,17,18). The van der Waals surface area contributed by atoms with Gasteiger partial charge in [-0.05, 0) is 18.2 Å². The second kappa shape index (κ2) is 5.92. The number of halogens is 2. The fourth-order valence-corrected chi connectivity index (χ4v) is 1.93. The Labute approximate surface area is 119 Å². The van der Waals surface area contributed by atoms with Crippen molar-refractivity contribution < 1.29 is 4.74 Å². The summed E-state index contributed by atoms with van der Waals surface area (Å²) < 4.78 is 5.20. The summed E-state index contributed by atoms with van der Waals surface area (Å²) in [6, 6.07) is 5.08. The van der Waals surface area contributed by atoms with Crippen molar-refractivity contribution in [1.29, 1.82) is 0 Å². The van der Waals surface area contributed by atoms with Gasteiger partial charge >= 0.3 is 0 Å². The van der Waals surface area contributed by atoms with E-state index in [1.807, 2.05) is 0 Å². The average Bonchev–Trinajstić information content (AvgIpc) is 2.41. The molecule has 1 aromatic carbocycles. The molecule has 0 fully saturated rings. The van der Waals surface area contributed by atoms with Crippen LogP contribution in [0, 0.1) is 0 Å². The lowest BCUT2D eigenvalue weighted by molar-refractivity contribution is 0.415. The molecule has 2 rings (SSSR count). The van der Waals surface area contributed by atoms with E-state index in [9.17, 15) is 0 Å². The summed E-state index contributed by atoms with van der Waals surface area (Å²) in [7, 11) is 1.49. The summed E-state index contributed by atoms with van der Waals surface area (Å²) in [5.74, 6) is 6.54. The Hall–Kier alpha value is -1.76. The van der Waals surface area contributed by atoms with E-state index >= 15 is 0 Å². The number of nitrogens with one attached hydrogen (secondary N) is 2. The Morgan fingerprint density at radius 1 is 1.21 bits per heavy atom. The molecule has 19 heavy (non-hydrogen) atoms. The van der Waals surface area contributed by atoms with Crippen molar-refractivity contribution in [1.82, 2.24) is 9.97 Å². The third kappa shape index (κ3) is 2.98. The topological polar surface area (TPSA) is 85.1 Å². The van der Waals surface area contributed by atoms with Gasteiger partial charge < -0.3 is 15.5 Å². The van der Waals surface area contributed by atoms with Crippen LogP contribution in [-0.2, 0) is 0 Å². The van der Waals surface area contributed by atoms with Crippen molar-refractivity contribution in [2.45, 2.75) is 0 Å². The van der Waals surface area contributed by atoms with Gasteiger partial charge in [-0.15, -0.1) is 0 Å². The van der Waals surface area contributed by atoms with Gasteiger partial charge in [-0.1, -0.05) is 23.2 Å². The van der Waals surface area contributed by atoms with Gasteiger partial charge in [0.25, 0.3) is 0 Å². The normalized spacial score (nSPS) is 10.1. The molecule has 6 nitrogen and oxygen atoms in total. The maximum absolute atomic E-state index is 6.08. The van der Waals surface area contributed by atoms with Crippen molar-refractivity contribution in [3.63, 3.8) is 0 Å². The monoisotopic (exact) mass is 299 g/mol. The molecule has 0 amide bonds. The molecule has 0 bridgehead atoms. The van der Waals surface area contributed by atoms with Crippen LogP contribution in [0.3, 0.4) is 0 Å². The lowest BCUT2D eigenvalue weighted by Crippen LogP contribution is -2.11. The predicted octanol–water partition coefficient (Wildman–Crippen LogP) is 2.82. The molecule has 0 saturated carbocycles. The van der Waals surface area contributed by atoms with E-state index < -0.39 is 0 Å². The molecule has 0 aliphatic carbocycles. The SMILES string of the molecule is COc1c(NN)ncnc1Nc1ccc(Cl)cc1Cl. The van der Waals surface area contributed by atoms with E-state index in [2.05, 4.69) is 20.7 Å². The Kier molecular flexibility index (Phi) is 4.26. The molecule has 4 N–H and O–H groups in total. The van der Waals surface area contributed by atoms with Crippen LogP contribution in [-0.4, -0.2) is 17.1 Å². The number of nitrogens with two attached hydrogens (primary N) is 1. The second-order valence-corrected chi connectivity index (χ2v) is 4.34. The first-order valence-corrected chi connectivity index (χ1v) is 5.99. The van der Waals surface area contributed by atoms with Crippen molar-refractivity contribution in [2.24, 2.45) is 5.84 Å². The highest BCUT2D eigenvalue weighted by Crippen LogP contribution is 2.33. The number of ether oxygens (including phenoxy) is 1. The second-order valence-electron chi connectivity index (χ2n) is 3.50. The summed E-state index contributed by atoms with van der Waals surface area (Å²) in [5.41, 5.74) is 3.07. The number of nitrogens with zero attached hydrogens (tertiary/aromatic N) is 2. The van der Waals surface area contributed by atoms with Crippen LogP contribution < -0.4 is 21.3 Å². The van der Waals surface area contributed by atoms with Gasteiger partial charge in [-0.25, -0.2) is 15.8 Å². The average molecular weight is 300 g/mol. The van der Waals surface area contributed by atoms with Crippen molar-refractivity contribution >= 4 is 40.5 Å². The molecule has 0 spiro atoms. The largest absolute Gasteiger partial charge is 0.490 e. The molecule has 0 unspecified atom stereocenters. The van der Waals surface area contributed by atoms with Gasteiger partial charge in [0.1, 0.15) is 6.33 Å². The molecule has 100 valence electrons.